The second-order valence-corrected chi connectivity index (χ2v) is 13.6. The summed E-state index contributed by atoms with van der Waals surface area (Å²) in [7, 11) is 2.13. The van der Waals surface area contributed by atoms with Gasteiger partial charge in [-0.3, -0.25) is 0 Å². The molecular formula is C34H39N2O+. The molecule has 37 heavy (non-hydrogen) atoms. The zero-order valence-corrected chi connectivity index (χ0v) is 23.8. The Morgan fingerprint density at radius 1 is 0.892 bits per heavy atom. The highest BCUT2D eigenvalue weighted by atomic mass is 16.3. The zero-order chi connectivity index (χ0) is 26.5. The first-order valence-corrected chi connectivity index (χ1v) is 13.6. The van der Waals surface area contributed by atoms with Crippen molar-refractivity contribution >= 4 is 33.0 Å². The molecule has 0 aliphatic heterocycles. The van der Waals surface area contributed by atoms with Crippen LogP contribution in [0.2, 0.25) is 0 Å². The number of furan rings is 1. The number of rotatable bonds is 1. The van der Waals surface area contributed by atoms with Crippen molar-refractivity contribution in [3.05, 3.63) is 70.9 Å². The van der Waals surface area contributed by atoms with Gasteiger partial charge in [0, 0.05) is 27.8 Å². The molecule has 2 aromatic carbocycles. The second-order valence-electron chi connectivity index (χ2n) is 13.6. The molecule has 0 amide bonds. The van der Waals surface area contributed by atoms with Crippen molar-refractivity contribution in [1.29, 1.82) is 0 Å². The molecule has 0 radical (unpaired) electrons. The molecule has 0 unspecified atom stereocenters. The standard InChI is InChI=1S/C34H39N2O/c1-20-10-13-23-24-18-21-11-14-25-28(34(7,8)17-16-33(25,5)6)29(21)35-31(24)37-30(23)27(20)26-15-12-22(19-36(26)9)32(2,3)4/h10-15,18-19H,16-17H2,1-9H3/q+1. The van der Waals surface area contributed by atoms with Gasteiger partial charge in [0.05, 0.1) is 11.1 Å². The summed E-state index contributed by atoms with van der Waals surface area (Å²) in [4.78, 5) is 5.25. The van der Waals surface area contributed by atoms with E-state index in [1.165, 1.54) is 34.1 Å². The molecule has 3 heterocycles. The summed E-state index contributed by atoms with van der Waals surface area (Å²) in [6.45, 7) is 18.4. The summed E-state index contributed by atoms with van der Waals surface area (Å²) in [5.74, 6) is 0. The lowest BCUT2D eigenvalue weighted by atomic mass is 9.62. The second kappa shape index (κ2) is 7.66. The smallest absolute Gasteiger partial charge is 0.227 e. The third kappa shape index (κ3) is 3.61. The highest BCUT2D eigenvalue weighted by molar-refractivity contribution is 6.11. The Bertz CT molecular complexity index is 1730. The predicted molar refractivity (Wildman–Crippen MR) is 154 cm³/mol. The van der Waals surface area contributed by atoms with Gasteiger partial charge in [0.25, 0.3) is 0 Å². The van der Waals surface area contributed by atoms with E-state index in [1.807, 2.05) is 0 Å². The summed E-state index contributed by atoms with van der Waals surface area (Å²) < 4.78 is 8.90. The molecule has 0 saturated heterocycles. The Kier molecular flexibility index (Phi) is 5.00. The van der Waals surface area contributed by atoms with Gasteiger partial charge in [-0.15, -0.1) is 0 Å². The van der Waals surface area contributed by atoms with Gasteiger partial charge in [-0.1, -0.05) is 72.7 Å². The first-order chi connectivity index (χ1) is 17.3. The number of nitrogens with zero attached hydrogens (tertiary/aromatic N) is 2. The van der Waals surface area contributed by atoms with Gasteiger partial charge in [0.15, 0.2) is 11.8 Å². The lowest BCUT2D eigenvalue weighted by molar-refractivity contribution is -0.661. The van der Waals surface area contributed by atoms with Crippen LogP contribution < -0.4 is 4.57 Å². The average Bonchev–Trinajstić information content (AvgIpc) is 3.17. The van der Waals surface area contributed by atoms with Crippen molar-refractivity contribution in [2.45, 2.75) is 84.5 Å². The van der Waals surface area contributed by atoms with Crippen molar-refractivity contribution in [2.24, 2.45) is 7.05 Å². The fourth-order valence-electron chi connectivity index (χ4n) is 6.35. The van der Waals surface area contributed by atoms with E-state index < -0.39 is 0 Å². The van der Waals surface area contributed by atoms with E-state index in [9.17, 15) is 0 Å². The Morgan fingerprint density at radius 3 is 2.32 bits per heavy atom. The van der Waals surface area contributed by atoms with Crippen molar-refractivity contribution in [1.82, 2.24) is 4.98 Å². The third-order valence-corrected chi connectivity index (χ3v) is 8.84. The van der Waals surface area contributed by atoms with Crippen molar-refractivity contribution in [2.75, 3.05) is 0 Å². The van der Waals surface area contributed by atoms with E-state index >= 15 is 0 Å². The van der Waals surface area contributed by atoms with Crippen LogP contribution in [-0.2, 0) is 23.3 Å². The molecule has 3 heteroatoms. The molecule has 3 aromatic heterocycles. The van der Waals surface area contributed by atoms with Crippen molar-refractivity contribution in [3.8, 4) is 11.3 Å². The largest absolute Gasteiger partial charge is 0.437 e. The van der Waals surface area contributed by atoms with E-state index in [0.717, 1.165) is 45.3 Å². The molecule has 5 aromatic rings. The lowest BCUT2D eigenvalue weighted by Gasteiger charge is -2.42. The average molecular weight is 492 g/mol. The van der Waals surface area contributed by atoms with Crippen molar-refractivity contribution in [3.63, 3.8) is 0 Å². The molecule has 6 rings (SSSR count). The minimum absolute atomic E-state index is 0.0847. The van der Waals surface area contributed by atoms with Gasteiger partial charge >= 0.3 is 0 Å². The molecule has 0 bridgehead atoms. The van der Waals surface area contributed by atoms with Crippen molar-refractivity contribution < 1.29 is 8.98 Å². The van der Waals surface area contributed by atoms with Gasteiger partial charge in [-0.2, -0.15) is 0 Å². The molecule has 190 valence electrons. The minimum Gasteiger partial charge on any atom is -0.437 e. The van der Waals surface area contributed by atoms with E-state index in [-0.39, 0.29) is 16.2 Å². The highest BCUT2D eigenvalue weighted by Crippen LogP contribution is 2.49. The molecule has 0 atom stereocenters. The first-order valence-electron chi connectivity index (χ1n) is 13.6. The Hall–Kier alpha value is -3.20. The lowest BCUT2D eigenvalue weighted by Crippen LogP contribution is -2.34. The topological polar surface area (TPSA) is 29.9 Å². The van der Waals surface area contributed by atoms with Crippen LogP contribution in [0.5, 0.6) is 0 Å². The third-order valence-electron chi connectivity index (χ3n) is 8.84. The molecule has 0 saturated carbocycles. The summed E-state index contributed by atoms with van der Waals surface area (Å²) in [5.41, 5.74) is 10.7. The van der Waals surface area contributed by atoms with E-state index in [1.54, 1.807) is 0 Å². The zero-order valence-electron chi connectivity index (χ0n) is 23.8. The van der Waals surface area contributed by atoms with Crippen LogP contribution in [0.1, 0.15) is 83.6 Å². The maximum Gasteiger partial charge on any atom is 0.227 e. The van der Waals surface area contributed by atoms with Gasteiger partial charge < -0.3 is 4.42 Å². The van der Waals surface area contributed by atoms with Crippen LogP contribution >= 0.6 is 0 Å². The van der Waals surface area contributed by atoms with Crippen LogP contribution in [0.15, 0.2) is 53.1 Å². The molecule has 1 aliphatic carbocycles. The van der Waals surface area contributed by atoms with Gasteiger partial charge in [-0.05, 0) is 64.8 Å². The number of aromatic nitrogens is 2. The first kappa shape index (κ1) is 24.2. The summed E-state index contributed by atoms with van der Waals surface area (Å²) in [6, 6.07) is 15.8. The molecule has 0 fully saturated rings. The number of hydrogen-bond acceptors (Lipinski definition) is 2. The van der Waals surface area contributed by atoms with Crippen LogP contribution in [0, 0.1) is 6.92 Å². The van der Waals surface area contributed by atoms with Crippen LogP contribution in [0.3, 0.4) is 0 Å². The summed E-state index contributed by atoms with van der Waals surface area (Å²) >= 11 is 0. The fourth-order valence-corrected chi connectivity index (χ4v) is 6.35. The summed E-state index contributed by atoms with van der Waals surface area (Å²) in [6.07, 6.45) is 4.61. The van der Waals surface area contributed by atoms with Crippen LogP contribution in [0.4, 0.5) is 0 Å². The monoisotopic (exact) mass is 491 g/mol. The highest BCUT2D eigenvalue weighted by Gasteiger charge is 2.39. The molecule has 1 aliphatic rings. The maximum absolute atomic E-state index is 6.67. The van der Waals surface area contributed by atoms with E-state index in [4.69, 9.17) is 9.40 Å². The van der Waals surface area contributed by atoms with Gasteiger partial charge in [0.2, 0.25) is 11.4 Å². The minimum atomic E-state index is 0.0847. The van der Waals surface area contributed by atoms with E-state index in [0.29, 0.717) is 0 Å². The Balaban J connectivity index is 1.64. The number of pyridine rings is 2. The molecule has 0 N–H and O–H groups in total. The maximum atomic E-state index is 6.67. The summed E-state index contributed by atoms with van der Waals surface area (Å²) in [5, 5.41) is 3.41. The fraction of sp³-hybridized carbons (Fsp3) is 0.412. The Morgan fingerprint density at radius 2 is 1.62 bits per heavy atom. The number of aryl methyl sites for hydroxylation is 2. The van der Waals surface area contributed by atoms with Crippen LogP contribution in [0.25, 0.3) is 44.2 Å². The normalized spacial score (nSPS) is 17.0. The molecule has 0 spiro atoms. The van der Waals surface area contributed by atoms with Gasteiger partial charge in [0.1, 0.15) is 7.05 Å². The number of fused-ring (bicyclic) bond motifs is 6. The number of hydrogen-bond donors (Lipinski definition) is 0. The Labute approximate surface area is 220 Å². The SMILES string of the molecule is Cc1ccc2c(oc3nc4c5c(ccc4cc32)C(C)(C)CCC5(C)C)c1-c1ccc(C(C)(C)C)c[n+]1C. The predicted octanol–water partition coefficient (Wildman–Crippen LogP) is 8.58. The van der Waals surface area contributed by atoms with E-state index in [2.05, 4.69) is 116 Å². The molecule has 3 nitrogen and oxygen atoms in total. The molecular weight excluding hydrogens is 452 g/mol. The van der Waals surface area contributed by atoms with Crippen LogP contribution in [-0.4, -0.2) is 4.98 Å². The quantitative estimate of drug-likeness (QED) is 0.220. The van der Waals surface area contributed by atoms with Gasteiger partial charge in [-0.25, -0.2) is 9.55 Å². The number of benzene rings is 2.